The zero-order valence-corrected chi connectivity index (χ0v) is 17.5. The lowest BCUT2D eigenvalue weighted by Crippen LogP contribution is -2.35. The van der Waals surface area contributed by atoms with Crippen molar-refractivity contribution in [3.05, 3.63) is 64.2 Å². The largest absolute Gasteiger partial charge is 0.507 e. The van der Waals surface area contributed by atoms with Crippen molar-refractivity contribution in [3.63, 3.8) is 0 Å². The standard InChI is InChI=1S/C22H22ClNO6/c1-12(25)11-24-19(14-6-9-16(29-2)17(10-14)30-3)18(21(27)22(24)28)20(26)13-4-7-15(23)8-5-13/h4-10,12,19,25-26H,11H2,1-3H3/t12-,19-/m1/s1. The Hall–Kier alpha value is -3.03. The molecule has 1 saturated heterocycles. The van der Waals surface area contributed by atoms with Gasteiger partial charge in [0.25, 0.3) is 11.7 Å². The Labute approximate surface area is 179 Å². The van der Waals surface area contributed by atoms with Crippen molar-refractivity contribution in [3.8, 4) is 11.5 Å². The number of methoxy groups -OCH3 is 2. The van der Waals surface area contributed by atoms with Gasteiger partial charge in [0.15, 0.2) is 11.5 Å². The van der Waals surface area contributed by atoms with Gasteiger partial charge in [-0.3, -0.25) is 9.59 Å². The molecule has 0 aliphatic carbocycles. The van der Waals surface area contributed by atoms with E-state index in [9.17, 15) is 19.8 Å². The number of aliphatic hydroxyl groups is 2. The number of amides is 1. The number of Topliss-reactive ketones (excluding diaryl/α,β-unsaturated/α-hetero) is 1. The van der Waals surface area contributed by atoms with Gasteiger partial charge in [-0.25, -0.2) is 0 Å². The number of hydrogen-bond donors (Lipinski definition) is 2. The van der Waals surface area contributed by atoms with E-state index in [2.05, 4.69) is 0 Å². The molecule has 2 aromatic carbocycles. The Morgan fingerprint density at radius 1 is 1.10 bits per heavy atom. The molecule has 1 amide bonds. The van der Waals surface area contributed by atoms with Gasteiger partial charge in [-0.1, -0.05) is 17.7 Å². The number of carbonyl (C=O) groups is 2. The minimum Gasteiger partial charge on any atom is -0.507 e. The first-order valence-corrected chi connectivity index (χ1v) is 9.60. The summed E-state index contributed by atoms with van der Waals surface area (Å²) in [7, 11) is 2.97. The van der Waals surface area contributed by atoms with Crippen LogP contribution in [0.1, 0.15) is 24.1 Å². The maximum absolute atomic E-state index is 12.9. The highest BCUT2D eigenvalue weighted by Gasteiger charge is 2.46. The van der Waals surface area contributed by atoms with Crippen LogP contribution in [0.5, 0.6) is 11.5 Å². The van der Waals surface area contributed by atoms with Crippen molar-refractivity contribution < 1.29 is 29.3 Å². The molecule has 0 unspecified atom stereocenters. The predicted octanol–water partition coefficient (Wildman–Crippen LogP) is 3.16. The summed E-state index contributed by atoms with van der Waals surface area (Å²) in [5, 5.41) is 21.3. The monoisotopic (exact) mass is 431 g/mol. The number of aliphatic hydroxyl groups excluding tert-OH is 2. The van der Waals surface area contributed by atoms with Crippen molar-refractivity contribution in [2.24, 2.45) is 0 Å². The number of ether oxygens (including phenoxy) is 2. The molecule has 8 heteroatoms. The van der Waals surface area contributed by atoms with Crippen LogP contribution in [0.4, 0.5) is 0 Å². The van der Waals surface area contributed by atoms with Crippen LogP contribution in [0.25, 0.3) is 5.76 Å². The number of β-amino-alcohol motifs (C(OH)–C–C–N with tert-alkyl or cyclic N) is 1. The fourth-order valence-corrected chi connectivity index (χ4v) is 3.61. The molecule has 1 fully saturated rings. The maximum Gasteiger partial charge on any atom is 0.295 e. The third-order valence-electron chi connectivity index (χ3n) is 4.84. The van der Waals surface area contributed by atoms with Crippen molar-refractivity contribution in [2.75, 3.05) is 20.8 Å². The Balaban J connectivity index is 2.21. The average Bonchev–Trinajstić information content (AvgIpc) is 2.97. The molecule has 0 bridgehead atoms. The maximum atomic E-state index is 12.9. The van der Waals surface area contributed by atoms with Gasteiger partial charge in [0, 0.05) is 17.1 Å². The van der Waals surface area contributed by atoms with Crippen LogP contribution < -0.4 is 9.47 Å². The SMILES string of the molecule is COc1ccc([C@@H]2C(=C(O)c3ccc(Cl)cc3)C(=O)C(=O)N2C[C@@H](C)O)cc1OC. The van der Waals surface area contributed by atoms with E-state index in [0.29, 0.717) is 27.6 Å². The highest BCUT2D eigenvalue weighted by Crippen LogP contribution is 2.42. The van der Waals surface area contributed by atoms with Crippen molar-refractivity contribution in [2.45, 2.75) is 19.1 Å². The van der Waals surface area contributed by atoms with Gasteiger partial charge in [-0.05, 0) is 48.9 Å². The fourth-order valence-electron chi connectivity index (χ4n) is 3.49. The molecule has 2 N–H and O–H groups in total. The molecular weight excluding hydrogens is 410 g/mol. The number of rotatable bonds is 6. The highest BCUT2D eigenvalue weighted by molar-refractivity contribution is 6.46. The molecule has 158 valence electrons. The summed E-state index contributed by atoms with van der Waals surface area (Å²) in [5.41, 5.74) is 0.804. The van der Waals surface area contributed by atoms with Gasteiger partial charge >= 0.3 is 0 Å². The fraction of sp³-hybridized carbons (Fsp3) is 0.273. The second kappa shape index (κ2) is 8.77. The summed E-state index contributed by atoms with van der Waals surface area (Å²) >= 11 is 5.91. The number of halogens is 1. The quantitative estimate of drug-likeness (QED) is 0.414. The van der Waals surface area contributed by atoms with Crippen LogP contribution in [0.15, 0.2) is 48.0 Å². The van der Waals surface area contributed by atoms with E-state index < -0.39 is 23.8 Å². The smallest absolute Gasteiger partial charge is 0.295 e. The van der Waals surface area contributed by atoms with Gasteiger partial charge in [0.1, 0.15) is 5.76 Å². The zero-order chi connectivity index (χ0) is 22.0. The van der Waals surface area contributed by atoms with Crippen LogP contribution in [-0.2, 0) is 9.59 Å². The van der Waals surface area contributed by atoms with Crippen LogP contribution in [0.2, 0.25) is 5.02 Å². The second-order valence-electron chi connectivity index (χ2n) is 6.92. The molecule has 1 heterocycles. The Morgan fingerprint density at radius 2 is 1.73 bits per heavy atom. The minimum atomic E-state index is -0.907. The van der Waals surface area contributed by atoms with Crippen molar-refractivity contribution in [1.82, 2.24) is 4.90 Å². The van der Waals surface area contributed by atoms with E-state index in [1.165, 1.54) is 26.0 Å². The number of benzene rings is 2. The molecule has 1 aliphatic heterocycles. The topological polar surface area (TPSA) is 96.3 Å². The van der Waals surface area contributed by atoms with Gasteiger partial charge in [0.05, 0.1) is 31.9 Å². The molecule has 2 atom stereocenters. The summed E-state index contributed by atoms with van der Waals surface area (Å²) in [6.07, 6.45) is -0.874. The van der Waals surface area contributed by atoms with Gasteiger partial charge in [0.2, 0.25) is 0 Å². The van der Waals surface area contributed by atoms with Crippen LogP contribution >= 0.6 is 11.6 Å². The Bertz CT molecular complexity index is 999. The van der Waals surface area contributed by atoms with Gasteiger partial charge < -0.3 is 24.6 Å². The summed E-state index contributed by atoms with van der Waals surface area (Å²) in [5.74, 6) is -1.07. The lowest BCUT2D eigenvalue weighted by atomic mass is 9.95. The molecule has 0 aromatic heterocycles. The third kappa shape index (κ3) is 3.99. The molecule has 0 radical (unpaired) electrons. The van der Waals surface area contributed by atoms with Crippen LogP contribution in [-0.4, -0.2) is 53.7 Å². The molecule has 2 aromatic rings. The summed E-state index contributed by atoms with van der Waals surface area (Å²) in [4.78, 5) is 26.9. The Morgan fingerprint density at radius 3 is 2.30 bits per heavy atom. The first-order valence-electron chi connectivity index (χ1n) is 9.22. The van der Waals surface area contributed by atoms with E-state index in [1.54, 1.807) is 42.5 Å². The molecule has 30 heavy (non-hydrogen) atoms. The lowest BCUT2D eigenvalue weighted by Gasteiger charge is -2.27. The van der Waals surface area contributed by atoms with Gasteiger partial charge in [-0.2, -0.15) is 0 Å². The van der Waals surface area contributed by atoms with Crippen LogP contribution in [0.3, 0.4) is 0 Å². The zero-order valence-electron chi connectivity index (χ0n) is 16.8. The number of carbonyl (C=O) groups excluding carboxylic acids is 2. The lowest BCUT2D eigenvalue weighted by molar-refractivity contribution is -0.140. The molecule has 1 aliphatic rings. The van der Waals surface area contributed by atoms with E-state index in [1.807, 2.05) is 0 Å². The van der Waals surface area contributed by atoms with Crippen molar-refractivity contribution >= 4 is 29.1 Å². The Kier molecular flexibility index (Phi) is 6.34. The molecular formula is C22H22ClNO6. The first-order chi connectivity index (χ1) is 14.3. The number of ketones is 1. The summed E-state index contributed by atoms with van der Waals surface area (Å²) < 4.78 is 10.6. The molecule has 7 nitrogen and oxygen atoms in total. The molecule has 0 spiro atoms. The predicted molar refractivity (Wildman–Crippen MR) is 112 cm³/mol. The summed E-state index contributed by atoms with van der Waals surface area (Å²) in [6, 6.07) is 10.3. The molecule has 0 saturated carbocycles. The normalized spacial score (nSPS) is 19.1. The number of nitrogens with zero attached hydrogens (tertiary/aromatic N) is 1. The third-order valence-corrected chi connectivity index (χ3v) is 5.09. The van der Waals surface area contributed by atoms with E-state index in [4.69, 9.17) is 21.1 Å². The van der Waals surface area contributed by atoms with E-state index >= 15 is 0 Å². The summed E-state index contributed by atoms with van der Waals surface area (Å²) in [6.45, 7) is 1.44. The van der Waals surface area contributed by atoms with Crippen molar-refractivity contribution in [1.29, 1.82) is 0 Å². The number of hydrogen-bond acceptors (Lipinski definition) is 6. The van der Waals surface area contributed by atoms with E-state index in [0.717, 1.165) is 0 Å². The minimum absolute atomic E-state index is 0.0739. The second-order valence-corrected chi connectivity index (χ2v) is 7.36. The molecule has 3 rings (SSSR count). The van der Waals surface area contributed by atoms with E-state index in [-0.39, 0.29) is 17.9 Å². The number of likely N-dealkylation sites (tertiary alicyclic amines) is 1. The average molecular weight is 432 g/mol. The van der Waals surface area contributed by atoms with Gasteiger partial charge in [-0.15, -0.1) is 0 Å². The van der Waals surface area contributed by atoms with Crippen LogP contribution in [0, 0.1) is 0 Å². The first kappa shape index (κ1) is 21.7. The highest BCUT2D eigenvalue weighted by atomic mass is 35.5.